The van der Waals surface area contributed by atoms with Crippen LogP contribution in [-0.4, -0.2) is 30.0 Å². The Morgan fingerprint density at radius 1 is 0.960 bits per heavy atom. The number of hydrogen-bond acceptors (Lipinski definition) is 4. The zero-order chi connectivity index (χ0) is 18.3. The third kappa shape index (κ3) is 5.81. The summed E-state index contributed by atoms with van der Waals surface area (Å²) in [6.45, 7) is 2.00. The van der Waals surface area contributed by atoms with Gasteiger partial charge in [0.1, 0.15) is 0 Å². The van der Waals surface area contributed by atoms with Gasteiger partial charge in [0.2, 0.25) is 5.75 Å². The maximum absolute atomic E-state index is 10.4. The smallest absolute Gasteiger partial charge is 0.203 e. The fourth-order valence-electron chi connectivity index (χ4n) is 3.49. The molecule has 1 aromatic rings. The minimum Gasteiger partial charge on any atom is -0.504 e. The van der Waals surface area contributed by atoms with Crippen LogP contribution in [0.4, 0.5) is 0 Å². The van der Waals surface area contributed by atoms with Gasteiger partial charge in [0, 0.05) is 5.56 Å². The van der Waals surface area contributed by atoms with Crippen LogP contribution in [0.1, 0.15) is 75.3 Å². The number of methoxy groups -OCH3 is 2. The first-order valence-corrected chi connectivity index (χ1v) is 9.66. The van der Waals surface area contributed by atoms with E-state index in [1.54, 1.807) is 14.2 Å². The van der Waals surface area contributed by atoms with Crippen molar-refractivity contribution in [1.29, 1.82) is 0 Å². The Balaban J connectivity index is 1.64. The van der Waals surface area contributed by atoms with Gasteiger partial charge in [0.25, 0.3) is 0 Å². The first-order chi connectivity index (χ1) is 12.0. The van der Waals surface area contributed by atoms with E-state index in [-0.39, 0.29) is 11.4 Å². The second-order valence-corrected chi connectivity index (χ2v) is 7.46. The van der Waals surface area contributed by atoms with E-state index in [0.717, 1.165) is 49.7 Å². The van der Waals surface area contributed by atoms with E-state index in [9.17, 15) is 10.2 Å². The molecule has 2 rings (SSSR count). The van der Waals surface area contributed by atoms with E-state index in [1.807, 2.05) is 13.0 Å². The van der Waals surface area contributed by atoms with Gasteiger partial charge in [-0.2, -0.15) is 0 Å². The van der Waals surface area contributed by atoms with Crippen LogP contribution < -0.4 is 9.47 Å². The molecule has 1 saturated carbocycles. The van der Waals surface area contributed by atoms with E-state index in [0.29, 0.717) is 11.5 Å². The number of phenolic OH excluding ortho intramolecular Hbond substituents is 1. The molecule has 0 spiro atoms. The lowest BCUT2D eigenvalue weighted by Gasteiger charge is -2.15. The van der Waals surface area contributed by atoms with Crippen LogP contribution in [0.25, 0.3) is 0 Å². The number of hydrogen-bond donors (Lipinski definition) is 2. The standard InChI is InChI=1S/C21H34O4/c1-16-15-18(24-2)20(25-3)19(22)17(16)11-9-7-5-4-6-8-10-12-21(23)13-14-21/h15,22-23H,4-14H2,1-3H3. The quantitative estimate of drug-likeness (QED) is 0.526. The SMILES string of the molecule is COc1cc(C)c(CCCCCCCCCC2(O)CC2)c(O)c1OC. The highest BCUT2D eigenvalue weighted by Gasteiger charge is 2.39. The minimum absolute atomic E-state index is 0.220. The van der Waals surface area contributed by atoms with Crippen LogP contribution in [-0.2, 0) is 6.42 Å². The predicted molar refractivity (Wildman–Crippen MR) is 101 cm³/mol. The molecule has 2 N–H and O–H groups in total. The summed E-state index contributed by atoms with van der Waals surface area (Å²) in [5.41, 5.74) is 1.74. The van der Waals surface area contributed by atoms with Gasteiger partial charge in [-0.3, -0.25) is 0 Å². The third-order valence-corrected chi connectivity index (χ3v) is 5.37. The number of unbranched alkanes of at least 4 members (excludes halogenated alkanes) is 6. The molecule has 1 aromatic carbocycles. The Bertz CT molecular complexity index is 549. The van der Waals surface area contributed by atoms with Crippen LogP contribution in [0.3, 0.4) is 0 Å². The van der Waals surface area contributed by atoms with Crippen molar-refractivity contribution in [3.8, 4) is 17.2 Å². The molecule has 0 unspecified atom stereocenters. The van der Waals surface area contributed by atoms with Crippen LogP contribution in [0.5, 0.6) is 17.2 Å². The Morgan fingerprint density at radius 3 is 2.12 bits per heavy atom. The first-order valence-electron chi connectivity index (χ1n) is 9.66. The van der Waals surface area contributed by atoms with E-state index >= 15 is 0 Å². The lowest BCUT2D eigenvalue weighted by molar-refractivity contribution is 0.136. The highest BCUT2D eigenvalue weighted by atomic mass is 16.5. The lowest BCUT2D eigenvalue weighted by Crippen LogP contribution is -2.05. The van der Waals surface area contributed by atoms with Crippen molar-refractivity contribution >= 4 is 0 Å². The van der Waals surface area contributed by atoms with Gasteiger partial charge in [0.15, 0.2) is 11.5 Å². The molecule has 0 radical (unpaired) electrons. The molecule has 142 valence electrons. The molecule has 0 saturated heterocycles. The number of rotatable bonds is 12. The van der Waals surface area contributed by atoms with Gasteiger partial charge in [-0.1, -0.05) is 38.5 Å². The Morgan fingerprint density at radius 2 is 1.56 bits per heavy atom. The summed E-state index contributed by atoms with van der Waals surface area (Å²) in [6, 6.07) is 1.93. The minimum atomic E-state index is -0.278. The molecule has 0 aliphatic heterocycles. The number of aromatic hydroxyl groups is 1. The monoisotopic (exact) mass is 350 g/mol. The molecule has 1 aliphatic rings. The molecule has 25 heavy (non-hydrogen) atoms. The zero-order valence-corrected chi connectivity index (χ0v) is 16.1. The molecule has 4 nitrogen and oxygen atoms in total. The fraction of sp³-hybridized carbons (Fsp3) is 0.714. The molecule has 1 aliphatic carbocycles. The largest absolute Gasteiger partial charge is 0.504 e. The van der Waals surface area contributed by atoms with Crippen molar-refractivity contribution in [2.75, 3.05) is 14.2 Å². The van der Waals surface area contributed by atoms with E-state index in [4.69, 9.17) is 9.47 Å². The van der Waals surface area contributed by atoms with Gasteiger partial charge in [-0.25, -0.2) is 0 Å². The van der Waals surface area contributed by atoms with Crippen LogP contribution in [0.2, 0.25) is 0 Å². The molecular weight excluding hydrogens is 316 g/mol. The number of ether oxygens (including phenoxy) is 2. The van der Waals surface area contributed by atoms with Gasteiger partial charge >= 0.3 is 0 Å². The molecular formula is C21H34O4. The molecule has 4 heteroatoms. The Labute approximate surface area is 152 Å². The van der Waals surface area contributed by atoms with E-state index < -0.39 is 0 Å². The fourth-order valence-corrected chi connectivity index (χ4v) is 3.49. The summed E-state index contributed by atoms with van der Waals surface area (Å²) < 4.78 is 10.5. The van der Waals surface area contributed by atoms with Gasteiger partial charge < -0.3 is 19.7 Å². The van der Waals surface area contributed by atoms with Gasteiger partial charge in [0.05, 0.1) is 19.8 Å². The molecule has 0 aromatic heterocycles. The lowest BCUT2D eigenvalue weighted by atomic mass is 9.99. The van der Waals surface area contributed by atoms with Crippen LogP contribution in [0.15, 0.2) is 6.07 Å². The highest BCUT2D eigenvalue weighted by Crippen LogP contribution is 2.41. The summed E-state index contributed by atoms with van der Waals surface area (Å²) in [6.07, 6.45) is 12.3. The summed E-state index contributed by atoms with van der Waals surface area (Å²) in [5.74, 6) is 1.23. The Kier molecular flexibility index (Phi) is 7.42. The summed E-state index contributed by atoms with van der Waals surface area (Å²) >= 11 is 0. The first kappa shape index (κ1) is 19.9. The van der Waals surface area contributed by atoms with Crippen molar-refractivity contribution < 1.29 is 19.7 Å². The van der Waals surface area contributed by atoms with Gasteiger partial charge in [-0.05, 0) is 50.7 Å². The predicted octanol–water partition coefficient (Wildman–Crippen LogP) is 4.91. The highest BCUT2D eigenvalue weighted by molar-refractivity contribution is 5.58. The normalized spacial score (nSPS) is 15.2. The topological polar surface area (TPSA) is 58.9 Å². The average molecular weight is 350 g/mol. The zero-order valence-electron chi connectivity index (χ0n) is 16.1. The maximum atomic E-state index is 10.4. The third-order valence-electron chi connectivity index (χ3n) is 5.37. The van der Waals surface area contributed by atoms with Gasteiger partial charge in [-0.15, -0.1) is 0 Å². The van der Waals surface area contributed by atoms with Crippen LogP contribution in [0, 0.1) is 6.92 Å². The van der Waals surface area contributed by atoms with E-state index in [2.05, 4.69) is 0 Å². The maximum Gasteiger partial charge on any atom is 0.203 e. The second kappa shape index (κ2) is 9.33. The van der Waals surface area contributed by atoms with Crippen LogP contribution >= 0.6 is 0 Å². The second-order valence-electron chi connectivity index (χ2n) is 7.46. The van der Waals surface area contributed by atoms with Crippen molar-refractivity contribution in [2.24, 2.45) is 0 Å². The molecule has 0 atom stereocenters. The molecule has 1 fully saturated rings. The van der Waals surface area contributed by atoms with E-state index in [1.165, 1.54) is 32.1 Å². The average Bonchev–Trinajstić information content (AvgIpc) is 3.32. The van der Waals surface area contributed by atoms with Crippen molar-refractivity contribution in [1.82, 2.24) is 0 Å². The van der Waals surface area contributed by atoms with Crippen molar-refractivity contribution in [3.05, 3.63) is 17.2 Å². The number of phenols is 1. The summed E-state index contributed by atoms with van der Waals surface area (Å²) in [5, 5.41) is 20.2. The molecule has 0 amide bonds. The number of benzene rings is 1. The summed E-state index contributed by atoms with van der Waals surface area (Å²) in [7, 11) is 3.14. The molecule has 0 heterocycles. The number of aliphatic hydroxyl groups is 1. The molecule has 0 bridgehead atoms. The van der Waals surface area contributed by atoms with Crippen molar-refractivity contribution in [3.63, 3.8) is 0 Å². The number of aryl methyl sites for hydroxylation is 1. The Hall–Kier alpha value is -1.42. The summed E-state index contributed by atoms with van der Waals surface area (Å²) in [4.78, 5) is 0. The van der Waals surface area contributed by atoms with Crippen molar-refractivity contribution in [2.45, 2.75) is 83.2 Å².